The summed E-state index contributed by atoms with van der Waals surface area (Å²) in [6, 6.07) is 63.5. The first-order valence-electron chi connectivity index (χ1n) is 18.0. The van der Waals surface area contributed by atoms with Gasteiger partial charge in [-0.1, -0.05) is 127 Å². The molecule has 0 amide bonds. The molecule has 0 aliphatic carbocycles. The van der Waals surface area contributed by atoms with E-state index < -0.39 is 0 Å². The minimum atomic E-state index is 0.824. The fourth-order valence-electron chi connectivity index (χ4n) is 6.55. The van der Waals surface area contributed by atoms with Crippen LogP contribution in [0.3, 0.4) is 0 Å². The van der Waals surface area contributed by atoms with Crippen LogP contribution in [0.15, 0.2) is 182 Å². The summed E-state index contributed by atoms with van der Waals surface area (Å²) in [7, 11) is 5.09. The Hall–Kier alpha value is -6.84. The van der Waals surface area contributed by atoms with Crippen LogP contribution in [-0.4, -0.2) is 21.3 Å². The molecule has 0 saturated heterocycles. The lowest BCUT2D eigenvalue weighted by atomic mass is 9.86. The Labute approximate surface area is 318 Å². The fraction of sp³-hybridized carbons (Fsp3) is 0.0588. The van der Waals surface area contributed by atoms with Gasteiger partial charge in [0.1, 0.15) is 17.2 Å². The van der Waals surface area contributed by atoms with Crippen molar-refractivity contribution in [2.45, 2.75) is 0 Å². The number of rotatable bonds is 12. The van der Waals surface area contributed by atoms with E-state index in [4.69, 9.17) is 14.2 Å². The third-order valence-corrected chi connectivity index (χ3v) is 9.40. The predicted octanol–water partition coefficient (Wildman–Crippen LogP) is 12.5. The van der Waals surface area contributed by atoms with Crippen LogP contribution in [0.25, 0.3) is 34.9 Å². The molecule has 0 heterocycles. The maximum Gasteiger partial charge on any atom is 0.118 e. The first-order chi connectivity index (χ1) is 26.6. The van der Waals surface area contributed by atoms with Crippen molar-refractivity contribution in [2.75, 3.05) is 21.3 Å². The van der Waals surface area contributed by atoms with E-state index in [0.717, 1.165) is 84.0 Å². The number of hydrogen-bond donors (Lipinski definition) is 0. The predicted molar refractivity (Wildman–Crippen MR) is 226 cm³/mol. The highest BCUT2D eigenvalue weighted by Crippen LogP contribution is 2.37. The second-order valence-electron chi connectivity index (χ2n) is 12.9. The third-order valence-electron chi connectivity index (χ3n) is 9.40. The Balaban J connectivity index is 1.52. The summed E-state index contributed by atoms with van der Waals surface area (Å²) >= 11 is 0. The van der Waals surface area contributed by atoms with E-state index in [1.54, 1.807) is 21.3 Å². The van der Waals surface area contributed by atoms with Crippen LogP contribution >= 0.6 is 0 Å². The van der Waals surface area contributed by atoms with Gasteiger partial charge in [-0.05, 0) is 140 Å². The Kier molecular flexibility index (Phi) is 11.3. The number of ether oxygens (including phenoxy) is 3. The van der Waals surface area contributed by atoms with Crippen LogP contribution in [0.1, 0.15) is 50.1 Å². The molecule has 7 aromatic rings. The van der Waals surface area contributed by atoms with Crippen molar-refractivity contribution in [1.82, 2.24) is 0 Å². The maximum absolute atomic E-state index is 5.49. The van der Waals surface area contributed by atoms with Crippen molar-refractivity contribution in [3.05, 3.63) is 232 Å². The quantitative estimate of drug-likeness (QED) is 0.119. The monoisotopic (exact) mass is 702 g/mol. The third kappa shape index (κ3) is 8.61. The van der Waals surface area contributed by atoms with E-state index in [9.17, 15) is 0 Å². The molecule has 3 nitrogen and oxygen atoms in total. The molecule has 0 fully saturated rings. The van der Waals surface area contributed by atoms with Crippen molar-refractivity contribution in [3.8, 4) is 17.2 Å². The van der Waals surface area contributed by atoms with Gasteiger partial charge >= 0.3 is 0 Å². The largest absolute Gasteiger partial charge is 0.497 e. The molecule has 0 aliphatic heterocycles. The van der Waals surface area contributed by atoms with Crippen LogP contribution in [-0.2, 0) is 0 Å². The summed E-state index contributed by atoms with van der Waals surface area (Å²) in [5, 5.41) is 0. The minimum absolute atomic E-state index is 0.824. The topological polar surface area (TPSA) is 27.7 Å². The van der Waals surface area contributed by atoms with Crippen LogP contribution < -0.4 is 14.2 Å². The first-order valence-corrected chi connectivity index (χ1v) is 18.0. The van der Waals surface area contributed by atoms with Gasteiger partial charge in [0.05, 0.1) is 21.3 Å². The van der Waals surface area contributed by atoms with Gasteiger partial charge in [-0.2, -0.15) is 0 Å². The Morgan fingerprint density at radius 1 is 0.296 bits per heavy atom. The van der Waals surface area contributed by atoms with E-state index in [2.05, 4.69) is 164 Å². The first kappa shape index (κ1) is 35.6. The summed E-state index contributed by atoms with van der Waals surface area (Å²) in [4.78, 5) is 0. The molecule has 0 aliphatic rings. The summed E-state index contributed by atoms with van der Waals surface area (Å²) in [5.74, 6) is 2.47. The van der Waals surface area contributed by atoms with Gasteiger partial charge in [0.25, 0.3) is 0 Å². The standard InChI is InChI=1S/C51H42O3/c1-52-46-25-19-37(20-26-46)31-49(40-13-7-4-8-14-40)43-34-44(50(41-15-9-5-10-16-41)32-38-21-27-47(53-2)28-22-38)36-45(35-43)51(42-17-11-6-12-18-42)33-39-23-29-48(54-3)30-24-39/h4-36H,1-3H3. The molecule has 0 atom stereocenters. The fourth-order valence-corrected chi connectivity index (χ4v) is 6.55. The van der Waals surface area contributed by atoms with E-state index in [-0.39, 0.29) is 0 Å². The SMILES string of the molecule is COc1ccc(C=C(c2ccccc2)c2cc(C(=Cc3ccc(OC)cc3)c3ccccc3)cc(C(=Cc3ccc(OC)cc3)c3ccccc3)c2)cc1. The molecular formula is C51H42O3. The molecule has 0 spiro atoms. The molecule has 0 N–H and O–H groups in total. The highest BCUT2D eigenvalue weighted by molar-refractivity contribution is 5.99. The van der Waals surface area contributed by atoms with Crippen molar-refractivity contribution < 1.29 is 14.2 Å². The van der Waals surface area contributed by atoms with Gasteiger partial charge in [0.15, 0.2) is 0 Å². The lowest BCUT2D eigenvalue weighted by molar-refractivity contribution is 0.414. The molecule has 0 bridgehead atoms. The lowest BCUT2D eigenvalue weighted by Gasteiger charge is -2.18. The Morgan fingerprint density at radius 2 is 0.537 bits per heavy atom. The average Bonchev–Trinajstić information content (AvgIpc) is 3.25. The van der Waals surface area contributed by atoms with E-state index in [0.29, 0.717) is 0 Å². The zero-order chi connectivity index (χ0) is 37.1. The summed E-state index contributed by atoms with van der Waals surface area (Å²) in [6.07, 6.45) is 6.80. The van der Waals surface area contributed by atoms with E-state index >= 15 is 0 Å². The molecular weight excluding hydrogens is 661 g/mol. The van der Waals surface area contributed by atoms with Gasteiger partial charge in [-0.15, -0.1) is 0 Å². The molecule has 0 unspecified atom stereocenters. The van der Waals surface area contributed by atoms with Crippen LogP contribution in [0.5, 0.6) is 17.2 Å². The maximum atomic E-state index is 5.49. The number of benzene rings is 7. The summed E-state index contributed by atoms with van der Waals surface area (Å²) in [6.45, 7) is 0. The Morgan fingerprint density at radius 3 is 0.759 bits per heavy atom. The van der Waals surface area contributed by atoms with Crippen molar-refractivity contribution in [2.24, 2.45) is 0 Å². The van der Waals surface area contributed by atoms with Gasteiger partial charge in [0, 0.05) is 0 Å². The molecule has 0 saturated carbocycles. The lowest BCUT2D eigenvalue weighted by Crippen LogP contribution is -1.98. The van der Waals surface area contributed by atoms with Crippen molar-refractivity contribution in [1.29, 1.82) is 0 Å². The van der Waals surface area contributed by atoms with Gasteiger partial charge in [-0.3, -0.25) is 0 Å². The number of hydrogen-bond acceptors (Lipinski definition) is 3. The second kappa shape index (κ2) is 17.1. The Bertz CT molecular complexity index is 2090. The highest BCUT2D eigenvalue weighted by Gasteiger charge is 2.16. The van der Waals surface area contributed by atoms with E-state index in [1.165, 1.54) is 0 Å². The van der Waals surface area contributed by atoms with Crippen LogP contribution in [0.4, 0.5) is 0 Å². The summed E-state index contributed by atoms with van der Waals surface area (Å²) < 4.78 is 16.5. The average molecular weight is 703 g/mol. The van der Waals surface area contributed by atoms with Crippen molar-refractivity contribution in [3.63, 3.8) is 0 Å². The van der Waals surface area contributed by atoms with Crippen LogP contribution in [0.2, 0.25) is 0 Å². The molecule has 0 radical (unpaired) electrons. The molecule has 7 rings (SSSR count). The smallest absolute Gasteiger partial charge is 0.118 e. The summed E-state index contributed by atoms with van der Waals surface area (Å²) in [5.41, 5.74) is 13.2. The molecule has 0 aromatic heterocycles. The number of methoxy groups -OCH3 is 3. The van der Waals surface area contributed by atoms with E-state index in [1.807, 2.05) is 36.4 Å². The van der Waals surface area contributed by atoms with Gasteiger partial charge in [0.2, 0.25) is 0 Å². The second-order valence-corrected chi connectivity index (χ2v) is 12.9. The molecule has 264 valence electrons. The zero-order valence-corrected chi connectivity index (χ0v) is 30.8. The zero-order valence-electron chi connectivity index (χ0n) is 30.8. The molecule has 54 heavy (non-hydrogen) atoms. The molecule has 7 aromatic carbocycles. The molecule has 3 heteroatoms. The van der Waals surface area contributed by atoms with Gasteiger partial charge < -0.3 is 14.2 Å². The normalized spacial score (nSPS) is 11.9. The highest BCUT2D eigenvalue weighted by atomic mass is 16.5. The van der Waals surface area contributed by atoms with Gasteiger partial charge in [-0.25, -0.2) is 0 Å². The van der Waals surface area contributed by atoms with Crippen molar-refractivity contribution >= 4 is 34.9 Å². The minimum Gasteiger partial charge on any atom is -0.497 e. The van der Waals surface area contributed by atoms with Crippen LogP contribution in [0, 0.1) is 0 Å².